The summed E-state index contributed by atoms with van der Waals surface area (Å²) in [5.74, 6) is -0.0868. The number of carbonyl (C=O) groups is 1. The topological polar surface area (TPSA) is 77.2 Å². The highest BCUT2D eigenvalue weighted by Crippen LogP contribution is 2.07. The van der Waals surface area contributed by atoms with Gasteiger partial charge < -0.3 is 9.84 Å². The first-order chi connectivity index (χ1) is 7.06. The second-order valence-electron chi connectivity index (χ2n) is 3.46. The van der Waals surface area contributed by atoms with Crippen LogP contribution in [0.15, 0.2) is 6.33 Å². The van der Waals surface area contributed by atoms with E-state index in [-0.39, 0.29) is 12.5 Å². The lowest BCUT2D eigenvalue weighted by Gasteiger charge is -2.11. The van der Waals surface area contributed by atoms with Gasteiger partial charge in [-0.3, -0.25) is 0 Å². The molecule has 1 atom stereocenters. The fraction of sp³-hybridized carbons (Fsp3) is 0.667. The SMILES string of the molecule is COC(=O)C(O)Cc1ncnn1C(C)C. The summed E-state index contributed by atoms with van der Waals surface area (Å²) < 4.78 is 6.07. The number of hydrogen-bond acceptors (Lipinski definition) is 5. The lowest BCUT2D eigenvalue weighted by Crippen LogP contribution is -2.26. The summed E-state index contributed by atoms with van der Waals surface area (Å²) in [6.07, 6.45) is 0.334. The quantitative estimate of drug-likeness (QED) is 0.709. The van der Waals surface area contributed by atoms with Gasteiger partial charge in [0, 0.05) is 12.5 Å². The van der Waals surface area contributed by atoms with Gasteiger partial charge in [-0.15, -0.1) is 0 Å². The van der Waals surface area contributed by atoms with Crippen molar-refractivity contribution in [3.63, 3.8) is 0 Å². The summed E-state index contributed by atoms with van der Waals surface area (Å²) in [7, 11) is 1.23. The van der Waals surface area contributed by atoms with Gasteiger partial charge in [-0.1, -0.05) is 0 Å². The molecule has 0 saturated heterocycles. The third-order valence-electron chi connectivity index (χ3n) is 1.99. The summed E-state index contributed by atoms with van der Waals surface area (Å²) >= 11 is 0. The Labute approximate surface area is 87.9 Å². The van der Waals surface area contributed by atoms with E-state index in [2.05, 4.69) is 14.8 Å². The molecule has 1 heterocycles. The molecule has 0 bridgehead atoms. The molecule has 0 aliphatic heterocycles. The zero-order valence-electron chi connectivity index (χ0n) is 9.04. The van der Waals surface area contributed by atoms with E-state index >= 15 is 0 Å². The third kappa shape index (κ3) is 2.76. The number of rotatable bonds is 4. The van der Waals surface area contributed by atoms with Gasteiger partial charge in [-0.25, -0.2) is 14.5 Å². The molecular weight excluding hydrogens is 198 g/mol. The number of aromatic nitrogens is 3. The maximum Gasteiger partial charge on any atom is 0.335 e. The molecule has 1 aromatic rings. The van der Waals surface area contributed by atoms with Gasteiger partial charge in [0.05, 0.1) is 7.11 Å². The Morgan fingerprint density at radius 1 is 1.67 bits per heavy atom. The molecule has 15 heavy (non-hydrogen) atoms. The maximum atomic E-state index is 11.0. The zero-order chi connectivity index (χ0) is 11.4. The summed E-state index contributed by atoms with van der Waals surface area (Å²) in [5, 5.41) is 13.4. The number of nitrogens with zero attached hydrogens (tertiary/aromatic N) is 3. The largest absolute Gasteiger partial charge is 0.467 e. The van der Waals surface area contributed by atoms with Crippen molar-refractivity contribution in [2.24, 2.45) is 0 Å². The highest BCUT2D eigenvalue weighted by molar-refractivity contribution is 5.74. The van der Waals surface area contributed by atoms with Crippen LogP contribution in [0.5, 0.6) is 0 Å². The first-order valence-corrected chi connectivity index (χ1v) is 4.70. The van der Waals surface area contributed by atoms with Crippen molar-refractivity contribution in [1.82, 2.24) is 14.8 Å². The van der Waals surface area contributed by atoms with Crippen LogP contribution in [-0.4, -0.2) is 39.1 Å². The van der Waals surface area contributed by atoms with Crippen molar-refractivity contribution in [2.45, 2.75) is 32.4 Å². The summed E-state index contributed by atoms with van der Waals surface area (Å²) in [5.41, 5.74) is 0. The van der Waals surface area contributed by atoms with Crippen LogP contribution in [0.2, 0.25) is 0 Å². The van der Waals surface area contributed by atoms with E-state index in [4.69, 9.17) is 0 Å². The van der Waals surface area contributed by atoms with Crippen LogP contribution in [0.1, 0.15) is 25.7 Å². The van der Waals surface area contributed by atoms with Crippen LogP contribution in [-0.2, 0) is 16.0 Å². The average Bonchev–Trinajstić information content (AvgIpc) is 2.64. The number of ether oxygens (including phenoxy) is 1. The molecule has 1 aromatic heterocycles. The highest BCUT2D eigenvalue weighted by atomic mass is 16.5. The lowest BCUT2D eigenvalue weighted by molar-refractivity contribution is -0.150. The Morgan fingerprint density at radius 2 is 2.33 bits per heavy atom. The minimum absolute atomic E-state index is 0.116. The van der Waals surface area contributed by atoms with E-state index in [1.165, 1.54) is 13.4 Å². The van der Waals surface area contributed by atoms with Crippen LogP contribution in [0.4, 0.5) is 0 Å². The molecule has 84 valence electrons. The number of esters is 1. The number of aliphatic hydroxyl groups is 1. The average molecular weight is 213 g/mol. The number of carbonyl (C=O) groups excluding carboxylic acids is 1. The van der Waals surface area contributed by atoms with E-state index in [1.807, 2.05) is 13.8 Å². The highest BCUT2D eigenvalue weighted by Gasteiger charge is 2.19. The predicted octanol–water partition coefficient (Wildman–Crippen LogP) is -0.0646. The van der Waals surface area contributed by atoms with Crippen molar-refractivity contribution < 1.29 is 14.6 Å². The van der Waals surface area contributed by atoms with E-state index in [9.17, 15) is 9.90 Å². The van der Waals surface area contributed by atoms with E-state index in [0.717, 1.165) is 0 Å². The van der Waals surface area contributed by atoms with Gasteiger partial charge in [0.15, 0.2) is 6.10 Å². The molecule has 6 heteroatoms. The molecule has 0 fully saturated rings. The second-order valence-corrected chi connectivity index (χ2v) is 3.46. The molecule has 0 aromatic carbocycles. The molecule has 6 nitrogen and oxygen atoms in total. The van der Waals surface area contributed by atoms with Gasteiger partial charge in [0.25, 0.3) is 0 Å². The zero-order valence-corrected chi connectivity index (χ0v) is 9.04. The monoisotopic (exact) mass is 213 g/mol. The second kappa shape index (κ2) is 4.88. The maximum absolute atomic E-state index is 11.0. The van der Waals surface area contributed by atoms with Crippen LogP contribution >= 0.6 is 0 Å². The molecule has 1 rings (SSSR count). The first kappa shape index (κ1) is 11.6. The Hall–Kier alpha value is -1.43. The van der Waals surface area contributed by atoms with Gasteiger partial charge in [-0.05, 0) is 13.8 Å². The standard InChI is InChI=1S/C9H15N3O3/c1-6(2)12-8(10-5-11-12)4-7(13)9(14)15-3/h5-7,13H,4H2,1-3H3. The molecular formula is C9H15N3O3. The Morgan fingerprint density at radius 3 is 2.87 bits per heavy atom. The Kier molecular flexibility index (Phi) is 3.79. The van der Waals surface area contributed by atoms with Crippen LogP contribution < -0.4 is 0 Å². The fourth-order valence-corrected chi connectivity index (χ4v) is 1.24. The third-order valence-corrected chi connectivity index (χ3v) is 1.99. The van der Waals surface area contributed by atoms with Crippen LogP contribution in [0, 0.1) is 0 Å². The van der Waals surface area contributed by atoms with Crippen molar-refractivity contribution in [3.8, 4) is 0 Å². The minimum Gasteiger partial charge on any atom is -0.467 e. The van der Waals surface area contributed by atoms with Crippen molar-refractivity contribution in [1.29, 1.82) is 0 Å². The van der Waals surface area contributed by atoms with Crippen molar-refractivity contribution in [2.75, 3.05) is 7.11 Å². The van der Waals surface area contributed by atoms with Crippen molar-refractivity contribution >= 4 is 5.97 Å². The summed E-state index contributed by atoms with van der Waals surface area (Å²) in [4.78, 5) is 15.0. The van der Waals surface area contributed by atoms with Gasteiger partial charge in [0.2, 0.25) is 0 Å². The molecule has 0 spiro atoms. The lowest BCUT2D eigenvalue weighted by atomic mass is 10.2. The van der Waals surface area contributed by atoms with Crippen molar-refractivity contribution in [3.05, 3.63) is 12.2 Å². The minimum atomic E-state index is -1.18. The number of hydrogen-bond donors (Lipinski definition) is 1. The number of methoxy groups -OCH3 is 1. The molecule has 0 amide bonds. The van der Waals surface area contributed by atoms with E-state index in [1.54, 1.807) is 4.68 Å². The molecule has 0 saturated carbocycles. The molecule has 1 N–H and O–H groups in total. The van der Waals surface area contributed by atoms with Gasteiger partial charge in [0.1, 0.15) is 12.2 Å². The molecule has 0 radical (unpaired) electrons. The Bertz CT molecular complexity index is 335. The normalized spacial score (nSPS) is 12.9. The number of aliphatic hydroxyl groups excluding tert-OH is 1. The summed E-state index contributed by atoms with van der Waals surface area (Å²) in [6.45, 7) is 3.89. The van der Waals surface area contributed by atoms with Crippen LogP contribution in [0.25, 0.3) is 0 Å². The smallest absolute Gasteiger partial charge is 0.335 e. The van der Waals surface area contributed by atoms with Crippen LogP contribution in [0.3, 0.4) is 0 Å². The van der Waals surface area contributed by atoms with E-state index in [0.29, 0.717) is 5.82 Å². The predicted molar refractivity (Wildman–Crippen MR) is 52.1 cm³/mol. The first-order valence-electron chi connectivity index (χ1n) is 4.70. The molecule has 1 unspecified atom stereocenters. The van der Waals surface area contributed by atoms with Gasteiger partial charge in [-0.2, -0.15) is 5.10 Å². The molecule has 0 aliphatic carbocycles. The fourth-order valence-electron chi connectivity index (χ4n) is 1.24. The van der Waals surface area contributed by atoms with Gasteiger partial charge >= 0.3 is 5.97 Å². The van der Waals surface area contributed by atoms with E-state index < -0.39 is 12.1 Å². The Balaban J connectivity index is 2.72. The molecule has 0 aliphatic rings. The summed E-state index contributed by atoms with van der Waals surface area (Å²) in [6, 6.07) is 0.146.